The fourth-order valence-corrected chi connectivity index (χ4v) is 2.40. The van der Waals surface area contributed by atoms with Gasteiger partial charge >= 0.3 is 0 Å². The summed E-state index contributed by atoms with van der Waals surface area (Å²) < 4.78 is 21.1. The number of rotatable bonds is 4. The molecule has 118 valence electrons. The first kappa shape index (κ1) is 15.0. The summed E-state index contributed by atoms with van der Waals surface area (Å²) in [5.41, 5.74) is 1.86. The van der Waals surface area contributed by atoms with Gasteiger partial charge in [0.05, 0.1) is 12.0 Å². The maximum absolute atomic E-state index is 14.1. The van der Waals surface area contributed by atoms with Crippen molar-refractivity contribution in [1.82, 2.24) is 14.9 Å². The summed E-state index contributed by atoms with van der Waals surface area (Å²) in [6.07, 6.45) is 4.78. The zero-order valence-electron chi connectivity index (χ0n) is 12.8. The maximum Gasteiger partial charge on any atom is 0.287 e. The Bertz CT molecular complexity index is 838. The molecule has 2 heterocycles. The fraction of sp³-hybridized carbons (Fsp3) is 0.176. The van der Waals surface area contributed by atoms with Crippen molar-refractivity contribution < 1.29 is 13.6 Å². The standard InChI is InChI=1S/C17H16FN3O2/c1-11-7-12(2)23-16(11)17(22)20-9-13-3-4-15(14(18)8-13)21-6-5-19-10-21/h3-8,10H,9H2,1-2H3,(H,20,22). The Balaban J connectivity index is 1.70. The lowest BCUT2D eigenvalue weighted by molar-refractivity contribution is 0.0921. The van der Waals surface area contributed by atoms with E-state index in [0.29, 0.717) is 17.0 Å². The molecule has 0 aliphatic carbocycles. The van der Waals surface area contributed by atoms with Crippen molar-refractivity contribution in [2.75, 3.05) is 0 Å². The minimum atomic E-state index is -0.375. The molecule has 1 N–H and O–H groups in total. The second-order valence-electron chi connectivity index (χ2n) is 5.31. The highest BCUT2D eigenvalue weighted by Gasteiger charge is 2.14. The first-order chi connectivity index (χ1) is 11.0. The molecular formula is C17H16FN3O2. The van der Waals surface area contributed by atoms with Crippen LogP contribution >= 0.6 is 0 Å². The second kappa shape index (κ2) is 6.08. The highest BCUT2D eigenvalue weighted by atomic mass is 19.1. The summed E-state index contributed by atoms with van der Waals surface area (Å²) >= 11 is 0. The Morgan fingerprint density at radius 2 is 2.17 bits per heavy atom. The molecule has 0 unspecified atom stereocenters. The number of nitrogens with one attached hydrogen (secondary N) is 1. The Morgan fingerprint density at radius 1 is 1.35 bits per heavy atom. The largest absolute Gasteiger partial charge is 0.456 e. The monoisotopic (exact) mass is 313 g/mol. The summed E-state index contributed by atoms with van der Waals surface area (Å²) in [7, 11) is 0. The topological polar surface area (TPSA) is 60.1 Å². The zero-order chi connectivity index (χ0) is 16.4. The number of aromatic nitrogens is 2. The van der Waals surface area contributed by atoms with Gasteiger partial charge < -0.3 is 14.3 Å². The first-order valence-corrected chi connectivity index (χ1v) is 7.16. The molecule has 0 spiro atoms. The molecule has 1 amide bonds. The lowest BCUT2D eigenvalue weighted by Crippen LogP contribution is -2.23. The van der Waals surface area contributed by atoms with Crippen molar-refractivity contribution in [3.63, 3.8) is 0 Å². The molecule has 3 aromatic rings. The highest BCUT2D eigenvalue weighted by molar-refractivity contribution is 5.92. The van der Waals surface area contributed by atoms with E-state index in [1.165, 1.54) is 12.4 Å². The van der Waals surface area contributed by atoms with Crippen LogP contribution in [0.15, 0.2) is 47.4 Å². The average molecular weight is 313 g/mol. The molecule has 6 heteroatoms. The van der Waals surface area contributed by atoms with E-state index >= 15 is 0 Å². The summed E-state index contributed by atoms with van der Waals surface area (Å²) in [5, 5.41) is 2.73. The van der Waals surface area contributed by atoms with Crippen LogP contribution in [0.3, 0.4) is 0 Å². The van der Waals surface area contributed by atoms with Crippen LogP contribution in [0.4, 0.5) is 4.39 Å². The molecule has 23 heavy (non-hydrogen) atoms. The van der Waals surface area contributed by atoms with Gasteiger partial charge in [-0.15, -0.1) is 0 Å². The molecule has 2 aromatic heterocycles. The Labute approximate surface area is 132 Å². The molecule has 0 radical (unpaired) electrons. The van der Waals surface area contributed by atoms with Crippen LogP contribution in [0.5, 0.6) is 0 Å². The van der Waals surface area contributed by atoms with E-state index in [1.807, 2.05) is 6.92 Å². The minimum Gasteiger partial charge on any atom is -0.456 e. The molecule has 0 fully saturated rings. The summed E-state index contributed by atoms with van der Waals surface area (Å²) in [6, 6.07) is 6.62. The Hall–Kier alpha value is -2.89. The van der Waals surface area contributed by atoms with Crippen molar-refractivity contribution in [2.45, 2.75) is 20.4 Å². The third-order valence-corrected chi connectivity index (χ3v) is 3.49. The van der Waals surface area contributed by atoms with Gasteiger partial charge in [-0.2, -0.15) is 0 Å². The number of hydrogen-bond acceptors (Lipinski definition) is 3. The number of carbonyl (C=O) groups is 1. The molecule has 1 aromatic carbocycles. The number of aryl methyl sites for hydroxylation is 2. The van der Waals surface area contributed by atoms with Crippen LogP contribution in [-0.4, -0.2) is 15.5 Å². The molecule has 3 rings (SSSR count). The minimum absolute atomic E-state index is 0.221. The van der Waals surface area contributed by atoms with E-state index in [9.17, 15) is 9.18 Å². The van der Waals surface area contributed by atoms with E-state index in [-0.39, 0.29) is 24.0 Å². The SMILES string of the molecule is Cc1cc(C)c(C(=O)NCc2ccc(-n3ccnc3)c(F)c2)o1. The van der Waals surface area contributed by atoms with Crippen molar-refractivity contribution >= 4 is 5.91 Å². The Kier molecular flexibility index (Phi) is 3.97. The number of amides is 1. The fourth-order valence-electron chi connectivity index (χ4n) is 2.40. The van der Waals surface area contributed by atoms with Gasteiger partial charge in [-0.25, -0.2) is 9.37 Å². The van der Waals surface area contributed by atoms with Gasteiger partial charge in [0.15, 0.2) is 5.76 Å². The van der Waals surface area contributed by atoms with Gasteiger partial charge in [0.1, 0.15) is 11.6 Å². The van der Waals surface area contributed by atoms with Crippen molar-refractivity contribution in [1.29, 1.82) is 0 Å². The van der Waals surface area contributed by atoms with E-state index in [2.05, 4.69) is 10.3 Å². The van der Waals surface area contributed by atoms with Gasteiger partial charge in [0.2, 0.25) is 0 Å². The van der Waals surface area contributed by atoms with E-state index in [1.54, 1.807) is 42.1 Å². The van der Waals surface area contributed by atoms with Crippen molar-refractivity contribution in [3.8, 4) is 5.69 Å². The third kappa shape index (κ3) is 3.15. The van der Waals surface area contributed by atoms with Gasteiger partial charge in [0, 0.05) is 24.5 Å². The lowest BCUT2D eigenvalue weighted by atomic mass is 10.2. The van der Waals surface area contributed by atoms with E-state index in [0.717, 1.165) is 5.56 Å². The van der Waals surface area contributed by atoms with Crippen LogP contribution in [0.1, 0.15) is 27.4 Å². The summed E-state index contributed by atoms with van der Waals surface area (Å²) in [6.45, 7) is 3.82. The first-order valence-electron chi connectivity index (χ1n) is 7.16. The molecule has 0 saturated heterocycles. The quantitative estimate of drug-likeness (QED) is 0.805. The molecule has 0 bridgehead atoms. The smallest absolute Gasteiger partial charge is 0.287 e. The predicted octanol–water partition coefficient (Wildman–Crippen LogP) is 3.15. The van der Waals surface area contributed by atoms with Gasteiger partial charge in [-0.3, -0.25) is 4.79 Å². The summed E-state index contributed by atoms with van der Waals surface area (Å²) in [5.74, 6) is 0.288. The van der Waals surface area contributed by atoms with Crippen LogP contribution in [0.2, 0.25) is 0 Å². The van der Waals surface area contributed by atoms with Crippen LogP contribution in [0, 0.1) is 19.7 Å². The van der Waals surface area contributed by atoms with Crippen LogP contribution in [-0.2, 0) is 6.54 Å². The number of imidazole rings is 1. The molecule has 0 aliphatic rings. The van der Waals surface area contributed by atoms with Crippen molar-refractivity contribution in [3.05, 3.63) is 71.5 Å². The zero-order valence-corrected chi connectivity index (χ0v) is 12.8. The lowest BCUT2D eigenvalue weighted by Gasteiger charge is -2.08. The van der Waals surface area contributed by atoms with Gasteiger partial charge in [0.25, 0.3) is 5.91 Å². The van der Waals surface area contributed by atoms with Crippen LogP contribution < -0.4 is 5.32 Å². The van der Waals surface area contributed by atoms with Crippen LogP contribution in [0.25, 0.3) is 5.69 Å². The number of carbonyl (C=O) groups excluding carboxylic acids is 1. The molecule has 0 aliphatic heterocycles. The number of hydrogen-bond donors (Lipinski definition) is 1. The molecule has 0 atom stereocenters. The van der Waals surface area contributed by atoms with E-state index < -0.39 is 0 Å². The highest BCUT2D eigenvalue weighted by Crippen LogP contribution is 2.16. The third-order valence-electron chi connectivity index (χ3n) is 3.49. The second-order valence-corrected chi connectivity index (χ2v) is 5.31. The number of halogens is 1. The molecule has 0 saturated carbocycles. The van der Waals surface area contributed by atoms with Crippen molar-refractivity contribution in [2.24, 2.45) is 0 Å². The summed E-state index contributed by atoms with van der Waals surface area (Å²) in [4.78, 5) is 16.0. The number of furan rings is 1. The molecular weight excluding hydrogens is 297 g/mol. The van der Waals surface area contributed by atoms with Gasteiger partial charge in [-0.1, -0.05) is 6.07 Å². The normalized spacial score (nSPS) is 10.7. The average Bonchev–Trinajstić information content (AvgIpc) is 3.14. The van der Waals surface area contributed by atoms with E-state index in [4.69, 9.17) is 4.42 Å². The molecule has 5 nitrogen and oxygen atoms in total. The van der Waals surface area contributed by atoms with Gasteiger partial charge in [-0.05, 0) is 37.6 Å². The number of benzene rings is 1. The number of nitrogens with zero attached hydrogens (tertiary/aromatic N) is 2. The maximum atomic E-state index is 14.1. The predicted molar refractivity (Wildman–Crippen MR) is 82.9 cm³/mol. The Morgan fingerprint density at radius 3 is 2.78 bits per heavy atom.